The first-order chi connectivity index (χ1) is 5.52. The average Bonchev–Trinajstić information content (AvgIpc) is 1.96. The zero-order chi connectivity index (χ0) is 9.30. The lowest BCUT2D eigenvalue weighted by Crippen LogP contribution is -1.90. The van der Waals surface area contributed by atoms with Gasteiger partial charge in [0.25, 0.3) is 6.43 Å². The van der Waals surface area contributed by atoms with Gasteiger partial charge >= 0.3 is 0 Å². The minimum Gasteiger partial charge on any atom is -0.232 e. The van der Waals surface area contributed by atoms with Crippen molar-refractivity contribution in [3.63, 3.8) is 0 Å². The lowest BCUT2D eigenvalue weighted by atomic mass is 10.3. The van der Waals surface area contributed by atoms with Crippen LogP contribution in [0.5, 0.6) is 0 Å². The predicted octanol–water partition coefficient (Wildman–Crippen LogP) is 4.20. The Morgan fingerprint density at radius 2 is 2.00 bits per heavy atom. The maximum Gasteiger partial charge on any atom is 0.265 e. The molecule has 0 atom stereocenters. The highest BCUT2D eigenvalue weighted by Crippen LogP contribution is 2.33. The quantitative estimate of drug-likeness (QED) is 0.707. The Hall–Kier alpha value is 0.260. The Balaban J connectivity index is 3.28. The Labute approximate surface area is 89.4 Å². The first-order valence-corrected chi connectivity index (χ1v) is 4.78. The first kappa shape index (κ1) is 10.3. The number of halogens is 5. The summed E-state index contributed by atoms with van der Waals surface area (Å²) in [6.45, 7) is 0. The summed E-state index contributed by atoms with van der Waals surface area (Å²) in [4.78, 5) is 3.78. The second kappa shape index (κ2) is 3.98. The number of rotatable bonds is 1. The molecule has 0 bridgehead atoms. The predicted molar refractivity (Wildman–Crippen MR) is 49.6 cm³/mol. The molecule has 12 heavy (non-hydrogen) atoms. The van der Waals surface area contributed by atoms with E-state index < -0.39 is 6.43 Å². The van der Waals surface area contributed by atoms with Gasteiger partial charge in [0.15, 0.2) is 0 Å². The minimum atomic E-state index is -2.59. The standard InChI is InChI=1S/C6H2Br2ClF2N/c7-3-1-2(6(10)11)4(9)5(8)12-3/h1,6H. The van der Waals surface area contributed by atoms with Crippen molar-refractivity contribution in [3.8, 4) is 0 Å². The SMILES string of the molecule is FC(F)c1cc(Br)nc(Br)c1Cl. The monoisotopic (exact) mass is 319 g/mol. The van der Waals surface area contributed by atoms with Crippen LogP contribution in [0.25, 0.3) is 0 Å². The van der Waals surface area contributed by atoms with Gasteiger partial charge in [0.1, 0.15) is 9.21 Å². The molecule has 66 valence electrons. The molecule has 0 aromatic carbocycles. The summed E-state index contributed by atoms with van der Waals surface area (Å²) in [5, 5.41) is -0.0480. The molecule has 1 heterocycles. The molecule has 0 N–H and O–H groups in total. The van der Waals surface area contributed by atoms with Crippen LogP contribution < -0.4 is 0 Å². The van der Waals surface area contributed by atoms with Crippen molar-refractivity contribution < 1.29 is 8.78 Å². The molecule has 1 rings (SSSR count). The van der Waals surface area contributed by atoms with Gasteiger partial charge < -0.3 is 0 Å². The number of aromatic nitrogens is 1. The first-order valence-electron chi connectivity index (χ1n) is 2.82. The normalized spacial score (nSPS) is 10.8. The lowest BCUT2D eigenvalue weighted by molar-refractivity contribution is 0.151. The molecule has 1 nitrogen and oxygen atoms in total. The summed E-state index contributed by atoms with van der Waals surface area (Å²) in [5.74, 6) is 0. The Morgan fingerprint density at radius 1 is 1.42 bits per heavy atom. The van der Waals surface area contributed by atoms with Gasteiger partial charge in [0, 0.05) is 5.56 Å². The van der Waals surface area contributed by atoms with Crippen molar-refractivity contribution in [2.24, 2.45) is 0 Å². The smallest absolute Gasteiger partial charge is 0.232 e. The van der Waals surface area contributed by atoms with Crippen LogP contribution >= 0.6 is 43.5 Å². The second-order valence-corrected chi connectivity index (χ2v) is 3.88. The van der Waals surface area contributed by atoms with Gasteiger partial charge in [-0.2, -0.15) is 0 Å². The molecule has 0 spiro atoms. The van der Waals surface area contributed by atoms with Gasteiger partial charge in [-0.3, -0.25) is 0 Å². The van der Waals surface area contributed by atoms with E-state index in [9.17, 15) is 8.78 Å². The summed E-state index contributed by atoms with van der Waals surface area (Å²) >= 11 is 11.5. The van der Waals surface area contributed by atoms with E-state index in [1.807, 2.05) is 0 Å². The molecule has 6 heteroatoms. The highest BCUT2D eigenvalue weighted by molar-refractivity contribution is 9.11. The van der Waals surface area contributed by atoms with E-state index in [2.05, 4.69) is 36.8 Å². The van der Waals surface area contributed by atoms with E-state index in [1.165, 1.54) is 6.07 Å². The molecule has 0 aliphatic heterocycles. The fourth-order valence-electron chi connectivity index (χ4n) is 0.645. The van der Waals surface area contributed by atoms with E-state index in [1.54, 1.807) is 0 Å². The summed E-state index contributed by atoms with van der Waals surface area (Å²) in [6, 6.07) is 1.19. The maximum absolute atomic E-state index is 12.2. The minimum absolute atomic E-state index is 0.0480. The van der Waals surface area contributed by atoms with Crippen LogP contribution in [0.3, 0.4) is 0 Å². The summed E-state index contributed by atoms with van der Waals surface area (Å²) in [5.41, 5.74) is -0.231. The fourth-order valence-corrected chi connectivity index (χ4v) is 1.91. The van der Waals surface area contributed by atoms with Crippen LogP contribution in [0.1, 0.15) is 12.0 Å². The van der Waals surface area contributed by atoms with Gasteiger partial charge in [0.2, 0.25) is 0 Å². The van der Waals surface area contributed by atoms with E-state index >= 15 is 0 Å². The van der Waals surface area contributed by atoms with Crippen LogP contribution in [-0.2, 0) is 0 Å². The number of alkyl halides is 2. The summed E-state index contributed by atoms with van der Waals surface area (Å²) in [6.07, 6.45) is -2.59. The fraction of sp³-hybridized carbons (Fsp3) is 0.167. The zero-order valence-electron chi connectivity index (χ0n) is 5.49. The molecule has 1 aromatic heterocycles. The molecular formula is C6H2Br2ClF2N. The van der Waals surface area contributed by atoms with Crippen LogP contribution in [-0.4, -0.2) is 4.98 Å². The van der Waals surface area contributed by atoms with Crippen LogP contribution in [0, 0.1) is 0 Å². The molecule has 0 aliphatic carbocycles. The van der Waals surface area contributed by atoms with Gasteiger partial charge in [-0.05, 0) is 37.9 Å². The van der Waals surface area contributed by atoms with E-state index in [0.29, 0.717) is 4.60 Å². The summed E-state index contributed by atoms with van der Waals surface area (Å²) in [7, 11) is 0. The number of nitrogens with zero attached hydrogens (tertiary/aromatic N) is 1. The van der Waals surface area contributed by atoms with Crippen LogP contribution in [0.15, 0.2) is 15.3 Å². The van der Waals surface area contributed by atoms with Crippen molar-refractivity contribution in [2.45, 2.75) is 6.43 Å². The molecule has 0 amide bonds. The molecule has 0 saturated heterocycles. The Morgan fingerprint density at radius 3 is 2.50 bits per heavy atom. The molecule has 0 saturated carbocycles. The lowest BCUT2D eigenvalue weighted by Gasteiger charge is -2.04. The van der Waals surface area contributed by atoms with Gasteiger partial charge in [0.05, 0.1) is 5.02 Å². The van der Waals surface area contributed by atoms with Gasteiger partial charge in [-0.1, -0.05) is 11.6 Å². The average molecular weight is 321 g/mol. The highest BCUT2D eigenvalue weighted by Gasteiger charge is 2.15. The maximum atomic E-state index is 12.2. The van der Waals surface area contributed by atoms with Crippen molar-refractivity contribution in [1.29, 1.82) is 0 Å². The van der Waals surface area contributed by atoms with Crippen LogP contribution in [0.2, 0.25) is 5.02 Å². The van der Waals surface area contributed by atoms with Crippen molar-refractivity contribution in [2.75, 3.05) is 0 Å². The summed E-state index contributed by atoms with van der Waals surface area (Å²) < 4.78 is 25.0. The molecule has 1 aromatic rings. The third-order valence-electron chi connectivity index (χ3n) is 1.15. The Kier molecular flexibility index (Phi) is 3.43. The number of hydrogen-bond acceptors (Lipinski definition) is 1. The van der Waals surface area contributed by atoms with Crippen molar-refractivity contribution >= 4 is 43.5 Å². The highest BCUT2D eigenvalue weighted by atomic mass is 79.9. The third kappa shape index (κ3) is 2.14. The number of pyridine rings is 1. The second-order valence-electron chi connectivity index (χ2n) is 1.94. The van der Waals surface area contributed by atoms with Gasteiger partial charge in [-0.25, -0.2) is 13.8 Å². The van der Waals surface area contributed by atoms with Crippen molar-refractivity contribution in [1.82, 2.24) is 4.98 Å². The molecule has 0 aliphatic rings. The van der Waals surface area contributed by atoms with Crippen molar-refractivity contribution in [3.05, 3.63) is 25.9 Å². The van der Waals surface area contributed by atoms with Crippen LogP contribution in [0.4, 0.5) is 8.78 Å². The zero-order valence-corrected chi connectivity index (χ0v) is 9.42. The topological polar surface area (TPSA) is 12.9 Å². The largest absolute Gasteiger partial charge is 0.265 e. The molecule has 0 unspecified atom stereocenters. The molecular weight excluding hydrogens is 319 g/mol. The number of hydrogen-bond donors (Lipinski definition) is 0. The van der Waals surface area contributed by atoms with E-state index in [0.717, 1.165) is 0 Å². The Bertz CT molecular complexity index is 306. The molecule has 0 fully saturated rings. The van der Waals surface area contributed by atoms with E-state index in [-0.39, 0.29) is 15.2 Å². The van der Waals surface area contributed by atoms with E-state index in [4.69, 9.17) is 11.6 Å². The molecule has 0 radical (unpaired) electrons. The van der Waals surface area contributed by atoms with Gasteiger partial charge in [-0.15, -0.1) is 0 Å². The third-order valence-corrected chi connectivity index (χ3v) is 2.75.